The van der Waals surface area contributed by atoms with Crippen molar-refractivity contribution in [2.24, 2.45) is 0 Å². The molecule has 3 heterocycles. The number of pyridine rings is 1. The third-order valence-electron chi connectivity index (χ3n) is 4.36. The van der Waals surface area contributed by atoms with Crippen LogP contribution in [0.5, 0.6) is 5.75 Å². The number of amides is 1. The Hall–Kier alpha value is -1.90. The van der Waals surface area contributed by atoms with E-state index >= 15 is 0 Å². The zero-order valence-electron chi connectivity index (χ0n) is 14.8. The van der Waals surface area contributed by atoms with Gasteiger partial charge in [-0.3, -0.25) is 9.59 Å². The van der Waals surface area contributed by atoms with Gasteiger partial charge in [0.05, 0.1) is 18.3 Å². The van der Waals surface area contributed by atoms with E-state index in [1.54, 1.807) is 15.9 Å². The van der Waals surface area contributed by atoms with Gasteiger partial charge in [0, 0.05) is 55.7 Å². The highest BCUT2D eigenvalue weighted by Crippen LogP contribution is 2.21. The van der Waals surface area contributed by atoms with Crippen LogP contribution in [0.3, 0.4) is 0 Å². The number of aryl methyl sites for hydroxylation is 1. The second kappa shape index (κ2) is 9.16. The predicted molar refractivity (Wildman–Crippen MR) is 104 cm³/mol. The maximum absolute atomic E-state index is 12.8. The van der Waals surface area contributed by atoms with Crippen molar-refractivity contribution < 1.29 is 9.53 Å². The molecule has 0 atom stereocenters. The molecule has 0 unspecified atom stereocenters. The first-order valence-corrected chi connectivity index (χ1v) is 9.18. The largest absolute Gasteiger partial charge is 0.496 e. The van der Waals surface area contributed by atoms with Gasteiger partial charge in [-0.15, -0.1) is 23.7 Å². The molecule has 1 aliphatic heterocycles. The van der Waals surface area contributed by atoms with Crippen molar-refractivity contribution in [3.8, 4) is 5.75 Å². The van der Waals surface area contributed by atoms with Crippen LogP contribution in [0, 0.1) is 6.92 Å². The summed E-state index contributed by atoms with van der Waals surface area (Å²) in [4.78, 5) is 30.5. The van der Waals surface area contributed by atoms with Crippen molar-refractivity contribution in [2.45, 2.75) is 26.3 Å². The van der Waals surface area contributed by atoms with Crippen molar-refractivity contribution in [2.75, 3.05) is 26.7 Å². The summed E-state index contributed by atoms with van der Waals surface area (Å²) in [6.45, 7) is 4.48. The number of rotatable bonds is 5. The Kier molecular flexibility index (Phi) is 7.19. The lowest BCUT2D eigenvalue weighted by atomic mass is 10.1. The van der Waals surface area contributed by atoms with Gasteiger partial charge < -0.3 is 19.9 Å². The van der Waals surface area contributed by atoms with Crippen LogP contribution in [0.2, 0.25) is 0 Å². The fraction of sp³-hybridized carbons (Fsp3) is 0.471. The summed E-state index contributed by atoms with van der Waals surface area (Å²) in [5.74, 6) is 0.134. The molecule has 0 spiro atoms. The van der Waals surface area contributed by atoms with Crippen molar-refractivity contribution in [1.29, 1.82) is 0 Å². The average Bonchev–Trinajstić information content (AvgIpc) is 2.85. The van der Waals surface area contributed by atoms with E-state index in [-0.39, 0.29) is 23.9 Å². The first kappa shape index (κ1) is 20.4. The van der Waals surface area contributed by atoms with E-state index in [1.165, 1.54) is 18.1 Å². The molecule has 0 radical (unpaired) electrons. The molecule has 3 rings (SSSR count). The lowest BCUT2D eigenvalue weighted by Gasteiger charge is -2.17. The molecular weight excluding hydrogens is 376 g/mol. The molecule has 2 aromatic rings. The number of carbonyl (C=O) groups excluding carboxylic acids is 1. The Labute approximate surface area is 162 Å². The van der Waals surface area contributed by atoms with Gasteiger partial charge in [-0.2, -0.15) is 0 Å². The number of halogens is 1. The number of hydrogen-bond acceptors (Lipinski definition) is 6. The standard InChI is InChI=1S/C17H22N4O3S.ClH/c1-11-14(25-10-20-11)4-6-19-17(23)16-12-3-5-18-7-8-21(12)15(22)9-13(16)24-2;/h9-10,18H,3-8H2,1-2H3,(H,19,23);1H. The minimum atomic E-state index is -0.204. The summed E-state index contributed by atoms with van der Waals surface area (Å²) in [6, 6.07) is 1.40. The number of fused-ring (bicyclic) bond motifs is 1. The molecule has 7 nitrogen and oxygen atoms in total. The van der Waals surface area contributed by atoms with Crippen LogP contribution in [0.25, 0.3) is 0 Å². The van der Waals surface area contributed by atoms with Crippen LogP contribution in [0.4, 0.5) is 0 Å². The molecule has 1 amide bonds. The molecule has 0 bridgehead atoms. The van der Waals surface area contributed by atoms with Crippen molar-refractivity contribution in [3.63, 3.8) is 0 Å². The van der Waals surface area contributed by atoms with Gasteiger partial charge in [0.15, 0.2) is 0 Å². The smallest absolute Gasteiger partial charge is 0.256 e. The maximum atomic E-state index is 12.8. The minimum absolute atomic E-state index is 0. The molecule has 0 aliphatic carbocycles. The van der Waals surface area contributed by atoms with E-state index < -0.39 is 0 Å². The van der Waals surface area contributed by atoms with Crippen molar-refractivity contribution >= 4 is 29.7 Å². The fourth-order valence-corrected chi connectivity index (χ4v) is 3.83. The summed E-state index contributed by atoms with van der Waals surface area (Å²) >= 11 is 1.59. The van der Waals surface area contributed by atoms with Crippen LogP contribution < -0.4 is 20.9 Å². The third kappa shape index (κ3) is 4.25. The summed E-state index contributed by atoms with van der Waals surface area (Å²) in [5.41, 5.74) is 3.88. The zero-order chi connectivity index (χ0) is 17.8. The molecule has 0 fully saturated rings. The highest BCUT2D eigenvalue weighted by molar-refractivity contribution is 7.09. The van der Waals surface area contributed by atoms with Gasteiger partial charge in [-0.1, -0.05) is 0 Å². The maximum Gasteiger partial charge on any atom is 0.256 e. The van der Waals surface area contributed by atoms with E-state index in [4.69, 9.17) is 4.74 Å². The summed E-state index contributed by atoms with van der Waals surface area (Å²) in [5, 5.41) is 6.21. The molecule has 1 aliphatic rings. The molecule has 26 heavy (non-hydrogen) atoms. The van der Waals surface area contributed by atoms with Crippen molar-refractivity contribution in [3.05, 3.63) is 43.8 Å². The molecule has 2 aromatic heterocycles. The fourth-order valence-electron chi connectivity index (χ4n) is 3.05. The van der Waals surface area contributed by atoms with Crippen LogP contribution >= 0.6 is 23.7 Å². The minimum Gasteiger partial charge on any atom is -0.496 e. The molecule has 0 aromatic carbocycles. The lowest BCUT2D eigenvalue weighted by Crippen LogP contribution is -2.32. The molecule has 9 heteroatoms. The molecular formula is C17H23ClN4O3S. The monoisotopic (exact) mass is 398 g/mol. The van der Waals surface area contributed by atoms with E-state index in [2.05, 4.69) is 15.6 Å². The van der Waals surface area contributed by atoms with Crippen LogP contribution in [0.1, 0.15) is 26.6 Å². The van der Waals surface area contributed by atoms with E-state index in [1.807, 2.05) is 12.4 Å². The number of thiazole rings is 1. The van der Waals surface area contributed by atoms with Crippen LogP contribution in [-0.4, -0.2) is 42.2 Å². The SMILES string of the molecule is COc1cc(=O)n2c(c1C(=O)NCCc1scnc1C)CCNCC2.Cl. The lowest BCUT2D eigenvalue weighted by molar-refractivity contribution is 0.0949. The second-order valence-electron chi connectivity index (χ2n) is 5.89. The van der Waals surface area contributed by atoms with Gasteiger partial charge >= 0.3 is 0 Å². The number of aromatic nitrogens is 2. The molecule has 2 N–H and O–H groups in total. The number of hydrogen-bond donors (Lipinski definition) is 2. The Morgan fingerprint density at radius 3 is 2.96 bits per heavy atom. The van der Waals surface area contributed by atoms with Crippen LogP contribution in [-0.2, 0) is 19.4 Å². The Morgan fingerprint density at radius 1 is 1.46 bits per heavy atom. The first-order chi connectivity index (χ1) is 12.1. The first-order valence-electron chi connectivity index (χ1n) is 8.30. The van der Waals surface area contributed by atoms with Gasteiger partial charge in [-0.25, -0.2) is 4.98 Å². The second-order valence-corrected chi connectivity index (χ2v) is 6.83. The summed E-state index contributed by atoms with van der Waals surface area (Å²) in [7, 11) is 1.48. The number of nitrogens with zero attached hydrogens (tertiary/aromatic N) is 2. The number of nitrogens with one attached hydrogen (secondary N) is 2. The van der Waals surface area contributed by atoms with Gasteiger partial charge in [0.1, 0.15) is 11.3 Å². The summed E-state index contributed by atoms with van der Waals surface area (Å²) < 4.78 is 6.99. The normalized spacial score (nSPS) is 13.3. The van der Waals surface area contributed by atoms with E-state index in [9.17, 15) is 9.59 Å². The van der Waals surface area contributed by atoms with Gasteiger partial charge in [0.25, 0.3) is 11.5 Å². The highest BCUT2D eigenvalue weighted by Gasteiger charge is 2.23. The van der Waals surface area contributed by atoms with Gasteiger partial charge in [0.2, 0.25) is 0 Å². The molecule has 142 valence electrons. The summed E-state index contributed by atoms with van der Waals surface area (Å²) in [6.07, 6.45) is 1.35. The zero-order valence-corrected chi connectivity index (χ0v) is 16.5. The van der Waals surface area contributed by atoms with Crippen LogP contribution in [0.15, 0.2) is 16.4 Å². The number of ether oxygens (including phenoxy) is 1. The van der Waals surface area contributed by atoms with Gasteiger partial charge in [-0.05, 0) is 6.92 Å². The number of carbonyl (C=O) groups is 1. The third-order valence-corrected chi connectivity index (χ3v) is 5.36. The predicted octanol–water partition coefficient (Wildman–Crippen LogP) is 1.16. The molecule has 0 saturated heterocycles. The van der Waals surface area contributed by atoms with E-state index in [0.29, 0.717) is 37.4 Å². The average molecular weight is 399 g/mol. The Morgan fingerprint density at radius 2 is 2.27 bits per heavy atom. The highest BCUT2D eigenvalue weighted by atomic mass is 35.5. The quantitative estimate of drug-likeness (QED) is 0.789. The van der Waals surface area contributed by atoms with Crippen molar-refractivity contribution in [1.82, 2.24) is 20.2 Å². The topological polar surface area (TPSA) is 85.2 Å². The Balaban J connectivity index is 0.00000243. The number of methoxy groups -OCH3 is 1. The Bertz CT molecular complexity index is 834. The van der Waals surface area contributed by atoms with E-state index in [0.717, 1.165) is 24.4 Å². The molecule has 0 saturated carbocycles.